The van der Waals surface area contributed by atoms with E-state index in [0.29, 0.717) is 15.8 Å². The molecular formula is C7H7Cl2N3O. The van der Waals surface area contributed by atoms with Gasteiger partial charge in [-0.15, -0.1) is 0 Å². The largest absolute Gasteiger partial charge is 0.367 e. The Balaban J connectivity index is 2.84. The predicted molar refractivity (Wildman–Crippen MR) is 52.9 cm³/mol. The van der Waals surface area contributed by atoms with Gasteiger partial charge in [0.15, 0.2) is 5.75 Å². The van der Waals surface area contributed by atoms with Crippen molar-refractivity contribution in [2.45, 2.75) is 0 Å². The van der Waals surface area contributed by atoms with E-state index in [9.17, 15) is 0 Å². The molecule has 0 saturated carbocycles. The third-order valence-corrected chi connectivity index (χ3v) is 1.67. The molecule has 0 unspecified atom stereocenters. The van der Waals surface area contributed by atoms with Gasteiger partial charge >= 0.3 is 0 Å². The lowest BCUT2D eigenvalue weighted by Gasteiger charge is -2.01. The number of halogens is 2. The van der Waals surface area contributed by atoms with E-state index in [0.717, 1.165) is 0 Å². The average molecular weight is 220 g/mol. The molecule has 0 bridgehead atoms. The molecule has 13 heavy (non-hydrogen) atoms. The molecule has 1 aromatic rings. The highest BCUT2D eigenvalue weighted by atomic mass is 35.5. The van der Waals surface area contributed by atoms with Crippen LogP contribution in [0.25, 0.3) is 0 Å². The zero-order valence-corrected chi connectivity index (χ0v) is 8.01. The highest BCUT2D eigenvalue weighted by Gasteiger charge is 2.01. The van der Waals surface area contributed by atoms with Gasteiger partial charge in [0.05, 0.1) is 5.02 Å². The molecule has 0 fully saturated rings. The highest BCUT2D eigenvalue weighted by molar-refractivity contribution is 6.35. The van der Waals surface area contributed by atoms with E-state index in [-0.39, 0.29) is 5.96 Å². The molecule has 0 aromatic heterocycles. The normalized spacial score (nSPS) is 9.38. The molecule has 70 valence electrons. The fourth-order valence-corrected chi connectivity index (χ4v) is 1.09. The van der Waals surface area contributed by atoms with Gasteiger partial charge in [-0.25, -0.2) is 0 Å². The predicted octanol–water partition coefficient (Wildman–Crippen LogP) is 1.56. The molecule has 0 aliphatic carbocycles. The van der Waals surface area contributed by atoms with Gasteiger partial charge in [0.1, 0.15) is 0 Å². The van der Waals surface area contributed by atoms with Crippen molar-refractivity contribution in [3.63, 3.8) is 0 Å². The summed E-state index contributed by atoms with van der Waals surface area (Å²) in [5.74, 6) is 0.172. The summed E-state index contributed by atoms with van der Waals surface area (Å²) < 4.78 is 0. The van der Waals surface area contributed by atoms with Crippen LogP contribution in [0.4, 0.5) is 0 Å². The van der Waals surface area contributed by atoms with Crippen LogP contribution in [0.3, 0.4) is 0 Å². The molecule has 0 radical (unpaired) electrons. The van der Waals surface area contributed by atoms with Gasteiger partial charge in [-0.1, -0.05) is 23.2 Å². The van der Waals surface area contributed by atoms with Crippen LogP contribution in [0.1, 0.15) is 0 Å². The molecule has 0 aliphatic rings. The summed E-state index contributed by atoms with van der Waals surface area (Å²) in [6, 6.07) is 4.71. The number of rotatable bonds is 2. The summed E-state index contributed by atoms with van der Waals surface area (Å²) in [6.07, 6.45) is 0. The quantitative estimate of drug-likeness (QED) is 0.451. The SMILES string of the molecule is NC(N)=NOc1ccc(Cl)cc1Cl. The summed E-state index contributed by atoms with van der Waals surface area (Å²) in [5, 5.41) is 4.19. The van der Waals surface area contributed by atoms with Crippen LogP contribution in [0.2, 0.25) is 10.0 Å². The maximum Gasteiger partial charge on any atom is 0.228 e. The molecule has 0 atom stereocenters. The van der Waals surface area contributed by atoms with E-state index >= 15 is 0 Å². The van der Waals surface area contributed by atoms with Crippen molar-refractivity contribution in [1.29, 1.82) is 0 Å². The molecule has 0 aliphatic heterocycles. The zero-order valence-electron chi connectivity index (χ0n) is 6.50. The zero-order chi connectivity index (χ0) is 9.84. The van der Waals surface area contributed by atoms with Crippen molar-refractivity contribution >= 4 is 29.2 Å². The number of nitrogens with two attached hydrogens (primary N) is 2. The van der Waals surface area contributed by atoms with Gasteiger partial charge in [0, 0.05) is 5.02 Å². The highest BCUT2D eigenvalue weighted by Crippen LogP contribution is 2.27. The van der Waals surface area contributed by atoms with Crippen LogP contribution in [0.5, 0.6) is 5.75 Å². The lowest BCUT2D eigenvalue weighted by Crippen LogP contribution is -2.23. The van der Waals surface area contributed by atoms with Crippen LogP contribution in [-0.4, -0.2) is 5.96 Å². The Morgan fingerprint density at radius 3 is 2.54 bits per heavy atom. The minimum Gasteiger partial charge on any atom is -0.367 e. The maximum absolute atomic E-state index is 5.75. The minimum atomic E-state index is -0.175. The van der Waals surface area contributed by atoms with E-state index in [4.69, 9.17) is 39.5 Å². The molecule has 6 heteroatoms. The summed E-state index contributed by atoms with van der Waals surface area (Å²) in [6.45, 7) is 0. The van der Waals surface area contributed by atoms with E-state index in [1.807, 2.05) is 0 Å². The Hall–Kier alpha value is -1.13. The number of oxime groups is 1. The number of hydrogen-bond acceptors (Lipinski definition) is 2. The molecule has 1 rings (SSSR count). The van der Waals surface area contributed by atoms with Crippen LogP contribution in [0.15, 0.2) is 23.4 Å². The van der Waals surface area contributed by atoms with Crippen molar-refractivity contribution in [2.75, 3.05) is 0 Å². The smallest absolute Gasteiger partial charge is 0.228 e. The Morgan fingerprint density at radius 2 is 2.00 bits per heavy atom. The van der Waals surface area contributed by atoms with Gasteiger partial charge in [0.2, 0.25) is 5.96 Å². The van der Waals surface area contributed by atoms with Gasteiger partial charge in [-0.05, 0) is 23.4 Å². The fourth-order valence-electron chi connectivity index (χ4n) is 0.651. The van der Waals surface area contributed by atoms with Crippen LogP contribution in [-0.2, 0) is 0 Å². The van der Waals surface area contributed by atoms with Crippen molar-refractivity contribution in [3.05, 3.63) is 28.2 Å². The Labute approximate surface area is 85.0 Å². The minimum absolute atomic E-state index is 0.175. The Bertz CT molecular complexity index is 337. The van der Waals surface area contributed by atoms with Gasteiger partial charge < -0.3 is 16.3 Å². The van der Waals surface area contributed by atoms with Crippen molar-refractivity contribution in [3.8, 4) is 5.75 Å². The second-order valence-electron chi connectivity index (χ2n) is 2.18. The van der Waals surface area contributed by atoms with Crippen molar-refractivity contribution < 1.29 is 4.84 Å². The Morgan fingerprint density at radius 1 is 1.31 bits per heavy atom. The number of guanidine groups is 1. The van der Waals surface area contributed by atoms with Crippen LogP contribution < -0.4 is 16.3 Å². The third-order valence-electron chi connectivity index (χ3n) is 1.14. The first kappa shape index (κ1) is 9.95. The number of benzene rings is 1. The molecular weight excluding hydrogens is 213 g/mol. The summed E-state index contributed by atoms with van der Waals surface area (Å²) in [7, 11) is 0. The maximum atomic E-state index is 5.75. The molecule has 1 aromatic carbocycles. The third kappa shape index (κ3) is 3.01. The standard InChI is InChI=1S/C7H7Cl2N3O/c8-4-1-2-6(5(9)3-4)13-12-7(10)11/h1-3H,(H4,10,11,12). The molecule has 4 nitrogen and oxygen atoms in total. The van der Waals surface area contributed by atoms with E-state index in [2.05, 4.69) is 5.16 Å². The lowest BCUT2D eigenvalue weighted by molar-refractivity contribution is 0.340. The average Bonchev–Trinajstić information content (AvgIpc) is 2.02. The summed E-state index contributed by atoms with van der Waals surface area (Å²) >= 11 is 11.4. The lowest BCUT2D eigenvalue weighted by atomic mass is 10.3. The second-order valence-corrected chi connectivity index (χ2v) is 3.03. The topological polar surface area (TPSA) is 73.6 Å². The van der Waals surface area contributed by atoms with Gasteiger partial charge in [0.25, 0.3) is 0 Å². The summed E-state index contributed by atoms with van der Waals surface area (Å²) in [5.41, 5.74) is 10.1. The fraction of sp³-hybridized carbons (Fsp3) is 0. The first-order chi connectivity index (χ1) is 6.09. The molecule has 0 heterocycles. The first-order valence-corrected chi connectivity index (χ1v) is 4.06. The van der Waals surface area contributed by atoms with Crippen LogP contribution in [0, 0.1) is 0 Å². The number of hydrogen-bond donors (Lipinski definition) is 2. The van der Waals surface area contributed by atoms with E-state index in [1.165, 1.54) is 6.07 Å². The monoisotopic (exact) mass is 219 g/mol. The van der Waals surface area contributed by atoms with Crippen molar-refractivity contribution in [2.24, 2.45) is 16.6 Å². The summed E-state index contributed by atoms with van der Waals surface area (Å²) in [4.78, 5) is 4.80. The van der Waals surface area contributed by atoms with Gasteiger partial charge in [-0.3, -0.25) is 0 Å². The van der Waals surface area contributed by atoms with Gasteiger partial charge in [-0.2, -0.15) is 0 Å². The Kier molecular flexibility index (Phi) is 3.22. The molecule has 4 N–H and O–H groups in total. The molecule has 0 saturated heterocycles. The molecule has 0 amide bonds. The van der Waals surface area contributed by atoms with Crippen molar-refractivity contribution in [1.82, 2.24) is 0 Å². The second kappa shape index (κ2) is 4.20. The first-order valence-electron chi connectivity index (χ1n) is 3.30. The van der Waals surface area contributed by atoms with Crippen LogP contribution >= 0.6 is 23.2 Å². The van der Waals surface area contributed by atoms with E-state index < -0.39 is 0 Å². The molecule has 0 spiro atoms. The van der Waals surface area contributed by atoms with E-state index in [1.54, 1.807) is 12.1 Å². The number of nitrogens with zero attached hydrogens (tertiary/aromatic N) is 1.